The Balaban J connectivity index is 1.32. The first-order valence-electron chi connectivity index (χ1n) is 15.6. The molecule has 3 aliphatic rings. The third-order valence-electron chi connectivity index (χ3n) is 9.07. The van der Waals surface area contributed by atoms with Gasteiger partial charge in [0.2, 0.25) is 5.60 Å². The second-order valence-electron chi connectivity index (χ2n) is 11.9. The van der Waals surface area contributed by atoms with Gasteiger partial charge in [0.25, 0.3) is 5.56 Å². The zero-order chi connectivity index (χ0) is 32.0. The van der Waals surface area contributed by atoms with Crippen LogP contribution in [0.1, 0.15) is 61.8 Å². The van der Waals surface area contributed by atoms with E-state index in [0.29, 0.717) is 33.7 Å². The van der Waals surface area contributed by atoms with Gasteiger partial charge >= 0.3 is 18.0 Å². The molecule has 3 aliphatic heterocycles. The molecular formula is C35H34N4O7. The lowest BCUT2D eigenvalue weighted by Gasteiger charge is -2.35. The molecule has 11 heteroatoms. The molecule has 236 valence electrons. The summed E-state index contributed by atoms with van der Waals surface area (Å²) in [5, 5.41) is 3.71. The maximum Gasteiger partial charge on any atom is 0.411 e. The van der Waals surface area contributed by atoms with Gasteiger partial charge < -0.3 is 23.7 Å². The highest BCUT2D eigenvalue weighted by Crippen LogP contribution is 2.45. The van der Waals surface area contributed by atoms with Gasteiger partial charge in [-0.3, -0.25) is 14.9 Å². The van der Waals surface area contributed by atoms with Gasteiger partial charge in [-0.1, -0.05) is 37.3 Å². The fraction of sp³-hybridized carbons (Fsp3) is 0.343. The number of anilines is 2. The standard InChI is InChI=1S/C35H34N4O7/c1-3-35(46-21(2)40)27-17-29-30-25(18-39(29)32(41)26(27)20-44-33(35)42)31(38-14-8-5-9-15-38)24-16-23(12-13-28(24)37-30)36-34(43)45-19-22-10-6-4-7-11-22/h4,6-7,10-13,16-17H,3,5,8-9,14-15,18-20H2,1-2H3,(H,36,43). The number of piperidine rings is 1. The molecule has 7 rings (SSSR count). The minimum Gasteiger partial charge on any atom is -0.457 e. The zero-order valence-corrected chi connectivity index (χ0v) is 25.8. The lowest BCUT2D eigenvalue weighted by molar-refractivity contribution is -0.188. The number of nitrogens with one attached hydrogen (secondary N) is 1. The highest BCUT2D eigenvalue weighted by molar-refractivity contribution is 6.00. The van der Waals surface area contributed by atoms with E-state index in [9.17, 15) is 19.2 Å². The predicted molar refractivity (Wildman–Crippen MR) is 170 cm³/mol. The van der Waals surface area contributed by atoms with E-state index in [1.807, 2.05) is 42.5 Å². The molecule has 1 fully saturated rings. The van der Waals surface area contributed by atoms with Gasteiger partial charge in [-0.25, -0.2) is 14.6 Å². The molecule has 0 spiro atoms. The topological polar surface area (TPSA) is 129 Å². The molecule has 11 nitrogen and oxygen atoms in total. The Labute approximate surface area is 265 Å². The maximum absolute atomic E-state index is 14.0. The molecule has 1 atom stereocenters. The fourth-order valence-electron chi connectivity index (χ4n) is 6.89. The number of carbonyl (C=O) groups is 3. The molecule has 2 aromatic heterocycles. The third kappa shape index (κ3) is 4.96. The van der Waals surface area contributed by atoms with Crippen molar-refractivity contribution in [3.63, 3.8) is 0 Å². The van der Waals surface area contributed by atoms with Crippen LogP contribution in [-0.4, -0.2) is 40.7 Å². The Morgan fingerprint density at radius 2 is 1.80 bits per heavy atom. The first-order valence-corrected chi connectivity index (χ1v) is 15.6. The van der Waals surface area contributed by atoms with Gasteiger partial charge in [0.15, 0.2) is 0 Å². The van der Waals surface area contributed by atoms with Crippen molar-refractivity contribution in [3.8, 4) is 11.4 Å². The summed E-state index contributed by atoms with van der Waals surface area (Å²) in [5.74, 6) is -1.33. The molecule has 0 saturated carbocycles. The number of esters is 2. The van der Waals surface area contributed by atoms with Crippen LogP contribution in [0.5, 0.6) is 0 Å². The van der Waals surface area contributed by atoms with Crippen LogP contribution in [0.25, 0.3) is 22.3 Å². The first kappa shape index (κ1) is 29.5. The lowest BCUT2D eigenvalue weighted by Crippen LogP contribution is -2.47. The molecule has 0 bridgehead atoms. The van der Waals surface area contributed by atoms with Crippen LogP contribution < -0.4 is 15.8 Å². The number of amides is 1. The number of fused-ring (bicyclic) bond motifs is 5. The highest BCUT2D eigenvalue weighted by atomic mass is 16.6. The SMILES string of the molecule is CCC1(OC(C)=O)C(=O)OCc2c1cc1n(c2=O)Cc2c-1nc1ccc(NC(=O)OCc3ccccc3)cc1c2N1CCCCC1. The Hall–Kier alpha value is -5.19. The predicted octanol–water partition coefficient (Wildman–Crippen LogP) is 5.39. The Kier molecular flexibility index (Phi) is 7.46. The lowest BCUT2D eigenvalue weighted by atomic mass is 9.85. The van der Waals surface area contributed by atoms with Gasteiger partial charge in [0.1, 0.15) is 13.2 Å². The number of rotatable bonds is 6. The number of aromatic nitrogens is 2. The number of benzene rings is 2. The molecule has 1 saturated heterocycles. The summed E-state index contributed by atoms with van der Waals surface area (Å²) in [6.07, 6.45) is 2.75. The minimum atomic E-state index is -1.71. The maximum atomic E-state index is 14.0. The number of nitrogens with zero attached hydrogens (tertiary/aromatic N) is 3. The van der Waals surface area contributed by atoms with E-state index < -0.39 is 23.6 Å². The second-order valence-corrected chi connectivity index (χ2v) is 11.9. The largest absolute Gasteiger partial charge is 0.457 e. The van der Waals surface area contributed by atoms with Crippen LogP contribution >= 0.6 is 0 Å². The summed E-state index contributed by atoms with van der Waals surface area (Å²) in [5.41, 5.74) is 3.84. The number of pyridine rings is 2. The summed E-state index contributed by atoms with van der Waals surface area (Å²) in [6.45, 7) is 4.88. The molecule has 0 radical (unpaired) electrons. The van der Waals surface area contributed by atoms with Gasteiger partial charge in [-0.05, 0) is 55.5 Å². The quantitative estimate of drug-likeness (QED) is 0.196. The van der Waals surface area contributed by atoms with E-state index in [1.54, 1.807) is 23.6 Å². The van der Waals surface area contributed by atoms with Crippen molar-refractivity contribution in [1.82, 2.24) is 9.55 Å². The number of hydrogen-bond donors (Lipinski definition) is 1. The highest BCUT2D eigenvalue weighted by Gasteiger charge is 2.50. The minimum absolute atomic E-state index is 0.113. The Bertz CT molecular complexity index is 1950. The van der Waals surface area contributed by atoms with E-state index >= 15 is 0 Å². The average molecular weight is 623 g/mol. The van der Waals surface area contributed by atoms with E-state index in [2.05, 4.69) is 10.2 Å². The first-order chi connectivity index (χ1) is 22.3. The number of carbonyl (C=O) groups excluding carboxylic acids is 3. The van der Waals surface area contributed by atoms with Crippen molar-refractivity contribution < 1.29 is 28.6 Å². The van der Waals surface area contributed by atoms with Crippen molar-refractivity contribution in [2.24, 2.45) is 0 Å². The molecule has 5 heterocycles. The van der Waals surface area contributed by atoms with Crippen LogP contribution in [0.2, 0.25) is 0 Å². The van der Waals surface area contributed by atoms with Crippen molar-refractivity contribution in [1.29, 1.82) is 0 Å². The Morgan fingerprint density at radius 3 is 2.54 bits per heavy atom. The summed E-state index contributed by atoms with van der Waals surface area (Å²) >= 11 is 0. The van der Waals surface area contributed by atoms with E-state index in [4.69, 9.17) is 19.2 Å². The van der Waals surface area contributed by atoms with Crippen molar-refractivity contribution in [2.75, 3.05) is 23.3 Å². The molecule has 1 N–H and O–H groups in total. The average Bonchev–Trinajstić information content (AvgIpc) is 3.43. The number of cyclic esters (lactones) is 1. The summed E-state index contributed by atoms with van der Waals surface area (Å²) in [4.78, 5) is 59.3. The van der Waals surface area contributed by atoms with Gasteiger partial charge in [0, 0.05) is 42.2 Å². The zero-order valence-electron chi connectivity index (χ0n) is 25.8. The third-order valence-corrected chi connectivity index (χ3v) is 9.07. The summed E-state index contributed by atoms with van der Waals surface area (Å²) in [7, 11) is 0. The molecule has 0 aliphatic carbocycles. The fourth-order valence-corrected chi connectivity index (χ4v) is 6.89. The van der Waals surface area contributed by atoms with E-state index in [-0.39, 0.29) is 31.7 Å². The van der Waals surface area contributed by atoms with Gasteiger partial charge in [-0.2, -0.15) is 0 Å². The van der Waals surface area contributed by atoms with Crippen LogP contribution in [0.4, 0.5) is 16.2 Å². The number of ether oxygens (including phenoxy) is 3. The molecule has 46 heavy (non-hydrogen) atoms. The van der Waals surface area contributed by atoms with Crippen molar-refractivity contribution in [3.05, 3.63) is 87.2 Å². The summed E-state index contributed by atoms with van der Waals surface area (Å²) in [6, 6.07) is 16.8. The van der Waals surface area contributed by atoms with Crippen molar-refractivity contribution >= 4 is 40.3 Å². The summed E-state index contributed by atoms with van der Waals surface area (Å²) < 4.78 is 18.1. The molecule has 1 amide bonds. The monoisotopic (exact) mass is 622 g/mol. The normalized spacial score (nSPS) is 18.3. The van der Waals surface area contributed by atoms with Crippen LogP contribution in [0, 0.1) is 0 Å². The number of hydrogen-bond acceptors (Lipinski definition) is 9. The van der Waals surface area contributed by atoms with Crippen LogP contribution in [0.3, 0.4) is 0 Å². The van der Waals surface area contributed by atoms with E-state index in [0.717, 1.165) is 54.6 Å². The van der Waals surface area contributed by atoms with Gasteiger partial charge in [0.05, 0.1) is 34.7 Å². The molecular weight excluding hydrogens is 588 g/mol. The second kappa shape index (κ2) is 11.6. The van der Waals surface area contributed by atoms with Crippen molar-refractivity contribution in [2.45, 2.75) is 64.9 Å². The molecule has 2 aromatic carbocycles. The van der Waals surface area contributed by atoms with Crippen LogP contribution in [0.15, 0.2) is 59.4 Å². The molecule has 1 unspecified atom stereocenters. The Morgan fingerprint density at radius 1 is 1.02 bits per heavy atom. The van der Waals surface area contributed by atoms with E-state index in [1.165, 1.54) is 6.92 Å². The smallest absolute Gasteiger partial charge is 0.411 e. The van der Waals surface area contributed by atoms with Crippen LogP contribution in [-0.2, 0) is 49.2 Å². The van der Waals surface area contributed by atoms with Gasteiger partial charge in [-0.15, -0.1) is 0 Å². The molecule has 4 aromatic rings.